The smallest absolute Gasteiger partial charge is 0.0588 e. The van der Waals surface area contributed by atoms with Crippen LogP contribution in [0.1, 0.15) is 18.4 Å². The lowest BCUT2D eigenvalue weighted by Crippen LogP contribution is -2.37. The molecule has 1 nitrogen and oxygen atoms in total. The maximum absolute atomic E-state index is 2.59. The molecule has 288 valence electrons. The third-order valence-electron chi connectivity index (χ3n) is 13.3. The van der Waals surface area contributed by atoms with Crippen molar-refractivity contribution >= 4 is 65.2 Å². The standard InChI is InChI=1S/C60H43N/c1-2-22-46(23-3-1)61-57-30-13-7-18-42(57)21-15-31-58(61)51-37-36-48(49-25-9-10-26-50(49)51)44-34-35-55-56(39-44)59(45-33-32-40-16-4-5-19-43(40)38-45)53-27-11-12-28-54(53)60(55)52-29-14-20-41-17-6-8-24-47(41)52/h1-14,16-20,22-39,42,57H,15,21H2. The fraction of sp³-hybridized carbons (Fsp3) is 0.0667. The summed E-state index contributed by atoms with van der Waals surface area (Å²) in [6.07, 6.45) is 13.9. The SMILES string of the molecule is C1=CC2CCC=C(c3ccc(-c4ccc5c(-c6cccc7ccccc67)c6ccccc6c(-c6ccc7ccccc7c6)c5c4)c4ccccc34)N(c3ccccc3)C2C=C1. The van der Waals surface area contributed by atoms with Crippen LogP contribution in [0.15, 0.2) is 225 Å². The molecule has 0 N–H and O–H groups in total. The molecule has 2 atom stereocenters. The molecule has 0 bridgehead atoms. The average molecular weight is 778 g/mol. The predicted octanol–water partition coefficient (Wildman–Crippen LogP) is 16.2. The molecule has 1 aliphatic heterocycles. The monoisotopic (exact) mass is 777 g/mol. The summed E-state index contributed by atoms with van der Waals surface area (Å²) in [6, 6.07) is 72.5. The second-order valence-electron chi connectivity index (χ2n) is 16.6. The Balaban J connectivity index is 1.11. The second kappa shape index (κ2) is 14.7. The van der Waals surface area contributed by atoms with Crippen LogP contribution in [0.25, 0.3) is 92.9 Å². The molecule has 0 saturated heterocycles. The fourth-order valence-electron chi connectivity index (χ4n) is 10.5. The van der Waals surface area contributed by atoms with Gasteiger partial charge in [0.2, 0.25) is 0 Å². The molecule has 0 amide bonds. The molecule has 2 unspecified atom stereocenters. The van der Waals surface area contributed by atoms with Gasteiger partial charge >= 0.3 is 0 Å². The summed E-state index contributed by atoms with van der Waals surface area (Å²) >= 11 is 0. The van der Waals surface area contributed by atoms with E-state index in [4.69, 9.17) is 0 Å². The lowest BCUT2D eigenvalue weighted by Gasteiger charge is -2.37. The molecule has 10 aromatic rings. The van der Waals surface area contributed by atoms with Crippen molar-refractivity contribution in [3.63, 3.8) is 0 Å². The first-order valence-electron chi connectivity index (χ1n) is 21.7. The summed E-state index contributed by atoms with van der Waals surface area (Å²) in [6.45, 7) is 0. The zero-order valence-electron chi connectivity index (χ0n) is 33.9. The Labute approximate surface area is 356 Å². The maximum atomic E-state index is 2.59. The first-order chi connectivity index (χ1) is 30.3. The lowest BCUT2D eigenvalue weighted by molar-refractivity contribution is 0.537. The zero-order valence-corrected chi connectivity index (χ0v) is 33.9. The first-order valence-corrected chi connectivity index (χ1v) is 21.7. The Morgan fingerprint density at radius 1 is 0.377 bits per heavy atom. The summed E-state index contributed by atoms with van der Waals surface area (Å²) in [5, 5.41) is 12.6. The predicted molar refractivity (Wildman–Crippen MR) is 262 cm³/mol. The van der Waals surface area contributed by atoms with Crippen LogP contribution >= 0.6 is 0 Å². The van der Waals surface area contributed by atoms with E-state index in [1.807, 2.05) is 0 Å². The van der Waals surface area contributed by atoms with Gasteiger partial charge in [-0.3, -0.25) is 0 Å². The molecule has 1 heterocycles. The number of hydrogen-bond donors (Lipinski definition) is 0. The number of hydrogen-bond acceptors (Lipinski definition) is 1. The minimum absolute atomic E-state index is 0.249. The average Bonchev–Trinajstić information content (AvgIpc) is 3.52. The molecule has 61 heavy (non-hydrogen) atoms. The number of rotatable bonds is 5. The van der Waals surface area contributed by atoms with E-state index in [0.29, 0.717) is 5.92 Å². The number of para-hydroxylation sites is 1. The summed E-state index contributed by atoms with van der Waals surface area (Å²) in [5.74, 6) is 0.453. The summed E-state index contributed by atoms with van der Waals surface area (Å²) in [7, 11) is 0. The van der Waals surface area contributed by atoms with Crippen molar-refractivity contribution in [2.75, 3.05) is 4.90 Å². The van der Waals surface area contributed by atoms with Crippen LogP contribution in [-0.2, 0) is 0 Å². The largest absolute Gasteiger partial charge is 0.334 e. The van der Waals surface area contributed by atoms with Gasteiger partial charge in [0.1, 0.15) is 0 Å². The highest BCUT2D eigenvalue weighted by atomic mass is 15.2. The number of allylic oxidation sites excluding steroid dienone is 3. The number of benzene rings is 10. The lowest BCUT2D eigenvalue weighted by atomic mass is 9.83. The van der Waals surface area contributed by atoms with Gasteiger partial charge in [0, 0.05) is 22.9 Å². The molecular weight excluding hydrogens is 735 g/mol. The van der Waals surface area contributed by atoms with Gasteiger partial charge in [-0.1, -0.05) is 200 Å². The molecule has 0 saturated carbocycles. The molecule has 0 fully saturated rings. The Hall–Kier alpha value is -7.48. The molecular formula is C60H43N. The third kappa shape index (κ3) is 5.92. The molecule has 1 aliphatic carbocycles. The van der Waals surface area contributed by atoms with E-state index in [2.05, 4.69) is 229 Å². The molecule has 0 spiro atoms. The van der Waals surface area contributed by atoms with Gasteiger partial charge in [0.05, 0.1) is 6.04 Å². The molecule has 0 radical (unpaired) electrons. The van der Waals surface area contributed by atoms with Gasteiger partial charge in [0.15, 0.2) is 0 Å². The zero-order chi connectivity index (χ0) is 40.3. The summed E-state index contributed by atoms with van der Waals surface area (Å²) in [4.78, 5) is 2.59. The third-order valence-corrected chi connectivity index (χ3v) is 13.3. The van der Waals surface area contributed by atoms with E-state index < -0.39 is 0 Å². The van der Waals surface area contributed by atoms with Gasteiger partial charge in [-0.25, -0.2) is 0 Å². The molecule has 12 rings (SSSR count). The van der Waals surface area contributed by atoms with Gasteiger partial charge < -0.3 is 4.90 Å². The Morgan fingerprint density at radius 3 is 1.84 bits per heavy atom. The van der Waals surface area contributed by atoms with Crippen molar-refractivity contribution in [2.45, 2.75) is 18.9 Å². The highest BCUT2D eigenvalue weighted by Gasteiger charge is 2.31. The van der Waals surface area contributed by atoms with Crippen molar-refractivity contribution < 1.29 is 0 Å². The molecule has 2 aliphatic rings. The van der Waals surface area contributed by atoms with Crippen LogP contribution < -0.4 is 4.90 Å². The Kier molecular flexibility index (Phi) is 8.52. The number of anilines is 1. The van der Waals surface area contributed by atoms with Crippen molar-refractivity contribution in [1.82, 2.24) is 0 Å². The van der Waals surface area contributed by atoms with Crippen LogP contribution in [0.4, 0.5) is 5.69 Å². The van der Waals surface area contributed by atoms with Gasteiger partial charge in [0.25, 0.3) is 0 Å². The minimum atomic E-state index is 0.249. The van der Waals surface area contributed by atoms with E-state index >= 15 is 0 Å². The van der Waals surface area contributed by atoms with Crippen LogP contribution in [0, 0.1) is 5.92 Å². The van der Waals surface area contributed by atoms with Crippen molar-refractivity contribution in [1.29, 1.82) is 0 Å². The van der Waals surface area contributed by atoms with Gasteiger partial charge in [-0.15, -0.1) is 0 Å². The number of nitrogens with zero attached hydrogens (tertiary/aromatic N) is 1. The van der Waals surface area contributed by atoms with Crippen LogP contribution in [-0.4, -0.2) is 6.04 Å². The van der Waals surface area contributed by atoms with Crippen molar-refractivity contribution in [3.05, 3.63) is 230 Å². The van der Waals surface area contributed by atoms with E-state index in [1.54, 1.807) is 0 Å². The van der Waals surface area contributed by atoms with E-state index in [-0.39, 0.29) is 6.04 Å². The topological polar surface area (TPSA) is 3.24 Å². The van der Waals surface area contributed by atoms with Crippen molar-refractivity contribution in [3.8, 4) is 33.4 Å². The first kappa shape index (κ1) is 35.5. The highest BCUT2D eigenvalue weighted by molar-refractivity contribution is 6.24. The van der Waals surface area contributed by atoms with Crippen LogP contribution in [0.5, 0.6) is 0 Å². The Bertz CT molecular complexity index is 3430. The van der Waals surface area contributed by atoms with Gasteiger partial charge in [-0.2, -0.15) is 0 Å². The number of fused-ring (bicyclic) bond motifs is 6. The van der Waals surface area contributed by atoms with E-state index in [9.17, 15) is 0 Å². The van der Waals surface area contributed by atoms with E-state index in [0.717, 1.165) is 12.8 Å². The van der Waals surface area contributed by atoms with Crippen LogP contribution in [0.2, 0.25) is 0 Å². The van der Waals surface area contributed by atoms with Crippen LogP contribution in [0.3, 0.4) is 0 Å². The Morgan fingerprint density at radius 2 is 1.00 bits per heavy atom. The van der Waals surface area contributed by atoms with Crippen molar-refractivity contribution in [2.24, 2.45) is 5.92 Å². The molecule has 1 heteroatoms. The van der Waals surface area contributed by atoms with Gasteiger partial charge in [-0.05, 0) is 124 Å². The summed E-state index contributed by atoms with van der Waals surface area (Å²) in [5.41, 5.74) is 11.3. The summed E-state index contributed by atoms with van der Waals surface area (Å²) < 4.78 is 0. The minimum Gasteiger partial charge on any atom is -0.334 e. The highest BCUT2D eigenvalue weighted by Crippen LogP contribution is 2.48. The molecule has 10 aromatic carbocycles. The maximum Gasteiger partial charge on any atom is 0.0588 e. The molecule has 0 aromatic heterocycles. The quantitative estimate of drug-likeness (QED) is 0.157. The fourth-order valence-corrected chi connectivity index (χ4v) is 10.5. The normalized spacial score (nSPS) is 16.3. The second-order valence-corrected chi connectivity index (χ2v) is 16.6. The van der Waals surface area contributed by atoms with E-state index in [1.165, 1.54) is 104 Å².